The number of carbonyl (C=O) groups is 2. The van der Waals surface area contributed by atoms with Crippen molar-refractivity contribution < 1.29 is 14.3 Å². The summed E-state index contributed by atoms with van der Waals surface area (Å²) < 4.78 is 7.11. The molecular weight excluding hydrogens is 551 g/mol. The highest BCUT2D eigenvalue weighted by Gasteiger charge is 2.23. The number of benzene rings is 2. The molecule has 0 aliphatic rings. The minimum atomic E-state index is -0.484. The van der Waals surface area contributed by atoms with Crippen LogP contribution in [0.3, 0.4) is 0 Å². The van der Waals surface area contributed by atoms with Crippen molar-refractivity contribution in [2.24, 2.45) is 0 Å². The van der Waals surface area contributed by atoms with E-state index in [1.54, 1.807) is 31.2 Å². The fraction of sp³-hybridized carbons (Fsp3) is 0.154. The predicted octanol–water partition coefficient (Wildman–Crippen LogP) is 7.07. The Kier molecular flexibility index (Phi) is 9.04. The Hall–Kier alpha value is -3.11. The molecule has 0 unspecified atom stereocenters. The Labute approximate surface area is 232 Å². The molecule has 4 aromatic rings. The van der Waals surface area contributed by atoms with E-state index in [1.165, 1.54) is 23.1 Å². The molecule has 4 rings (SSSR count). The van der Waals surface area contributed by atoms with Gasteiger partial charge in [-0.05, 0) is 30.7 Å². The third-order valence-corrected chi connectivity index (χ3v) is 7.75. The zero-order valence-electron chi connectivity index (χ0n) is 19.7. The van der Waals surface area contributed by atoms with E-state index < -0.39 is 5.97 Å². The molecule has 1 N–H and O–H groups in total. The van der Waals surface area contributed by atoms with Crippen LogP contribution in [-0.2, 0) is 16.1 Å². The fourth-order valence-corrected chi connectivity index (χ4v) is 5.54. The number of nitrogens with one attached hydrogen (secondary N) is 1. The van der Waals surface area contributed by atoms with Gasteiger partial charge in [0.1, 0.15) is 10.6 Å². The second-order valence-corrected chi connectivity index (χ2v) is 10.2. The third-order valence-electron chi connectivity index (χ3n) is 5.15. The van der Waals surface area contributed by atoms with E-state index >= 15 is 0 Å². The molecule has 37 heavy (non-hydrogen) atoms. The molecule has 0 bridgehead atoms. The third kappa shape index (κ3) is 6.24. The molecule has 0 aliphatic carbocycles. The van der Waals surface area contributed by atoms with Crippen LogP contribution in [0.5, 0.6) is 0 Å². The van der Waals surface area contributed by atoms with Gasteiger partial charge in [-0.25, -0.2) is 4.79 Å². The maximum Gasteiger partial charge on any atom is 0.341 e. The van der Waals surface area contributed by atoms with Crippen LogP contribution < -0.4 is 5.32 Å². The van der Waals surface area contributed by atoms with Gasteiger partial charge in [0.15, 0.2) is 11.0 Å². The topological polar surface area (TPSA) is 86.1 Å². The average molecular weight is 574 g/mol. The molecule has 0 aliphatic heterocycles. The lowest BCUT2D eigenvalue weighted by molar-refractivity contribution is -0.113. The lowest BCUT2D eigenvalue weighted by atomic mass is 10.0. The molecule has 2 aromatic heterocycles. The first-order chi connectivity index (χ1) is 17.9. The average Bonchev–Trinajstić information content (AvgIpc) is 3.49. The standard InChI is InChI=1S/C26H22Cl2N4O3S2/c1-3-12-32-23(17-10-11-19(27)20(28)13-17)30-31-26(32)37-15-21(33)29-24-22(25(34)35-4-2)18(14-36-24)16-8-6-5-7-9-16/h3,5-11,13-14H,1,4,12,15H2,2H3,(H,29,33). The second-order valence-electron chi connectivity index (χ2n) is 7.61. The Morgan fingerprint density at radius 2 is 1.92 bits per heavy atom. The van der Waals surface area contributed by atoms with Crippen molar-refractivity contribution in [3.63, 3.8) is 0 Å². The van der Waals surface area contributed by atoms with Crippen molar-refractivity contribution in [3.05, 3.63) is 82.2 Å². The van der Waals surface area contributed by atoms with E-state index in [4.69, 9.17) is 27.9 Å². The van der Waals surface area contributed by atoms with Crippen LogP contribution in [0, 0.1) is 0 Å². The maximum atomic E-state index is 12.9. The summed E-state index contributed by atoms with van der Waals surface area (Å²) >= 11 is 14.7. The van der Waals surface area contributed by atoms with Gasteiger partial charge in [-0.2, -0.15) is 0 Å². The van der Waals surface area contributed by atoms with Crippen molar-refractivity contribution in [2.75, 3.05) is 17.7 Å². The van der Waals surface area contributed by atoms with E-state index in [2.05, 4.69) is 22.1 Å². The van der Waals surface area contributed by atoms with Crippen LogP contribution >= 0.6 is 46.3 Å². The predicted molar refractivity (Wildman–Crippen MR) is 151 cm³/mol. The first-order valence-electron chi connectivity index (χ1n) is 11.2. The molecule has 0 atom stereocenters. The minimum absolute atomic E-state index is 0.0531. The van der Waals surface area contributed by atoms with Gasteiger partial charge in [0, 0.05) is 23.1 Å². The maximum absolute atomic E-state index is 12.9. The normalized spacial score (nSPS) is 10.8. The largest absolute Gasteiger partial charge is 0.462 e. The van der Waals surface area contributed by atoms with E-state index in [0.29, 0.717) is 43.7 Å². The molecule has 190 valence electrons. The molecule has 0 spiro atoms. The summed E-state index contributed by atoms with van der Waals surface area (Å²) in [6.45, 7) is 6.22. The minimum Gasteiger partial charge on any atom is -0.462 e. The quantitative estimate of drug-likeness (QED) is 0.124. The molecule has 2 heterocycles. The smallest absolute Gasteiger partial charge is 0.341 e. The molecule has 0 saturated heterocycles. The number of thioether (sulfide) groups is 1. The molecule has 11 heteroatoms. The summed E-state index contributed by atoms with van der Waals surface area (Å²) in [7, 11) is 0. The first-order valence-corrected chi connectivity index (χ1v) is 13.8. The molecule has 0 fully saturated rings. The van der Waals surface area contributed by atoms with Gasteiger partial charge in [-0.1, -0.05) is 71.4 Å². The number of rotatable bonds is 10. The summed E-state index contributed by atoms with van der Waals surface area (Å²) in [6, 6.07) is 14.7. The summed E-state index contributed by atoms with van der Waals surface area (Å²) in [4.78, 5) is 25.7. The van der Waals surface area contributed by atoms with E-state index in [9.17, 15) is 9.59 Å². The van der Waals surface area contributed by atoms with Crippen LogP contribution in [0.4, 0.5) is 5.00 Å². The van der Waals surface area contributed by atoms with Crippen LogP contribution in [0.25, 0.3) is 22.5 Å². The number of hydrogen-bond donors (Lipinski definition) is 1. The van der Waals surface area contributed by atoms with Crippen LogP contribution in [0.2, 0.25) is 10.0 Å². The summed E-state index contributed by atoms with van der Waals surface area (Å²) in [6.07, 6.45) is 1.72. The van der Waals surface area contributed by atoms with Gasteiger partial charge in [-0.3, -0.25) is 9.36 Å². The zero-order chi connectivity index (χ0) is 26.4. The number of ether oxygens (including phenoxy) is 1. The van der Waals surface area contributed by atoms with Gasteiger partial charge in [0.2, 0.25) is 5.91 Å². The van der Waals surface area contributed by atoms with Crippen LogP contribution in [0.1, 0.15) is 17.3 Å². The number of halogens is 2. The number of esters is 1. The SMILES string of the molecule is C=CCn1c(SCC(=O)Nc2scc(-c3ccccc3)c2C(=O)OCC)nnc1-c1ccc(Cl)c(Cl)c1. The highest BCUT2D eigenvalue weighted by molar-refractivity contribution is 7.99. The van der Waals surface area contributed by atoms with Crippen molar-refractivity contribution in [2.45, 2.75) is 18.6 Å². The summed E-state index contributed by atoms with van der Waals surface area (Å²) in [5, 5.41) is 15.1. The Morgan fingerprint density at radius 3 is 2.62 bits per heavy atom. The number of aromatic nitrogens is 3. The van der Waals surface area contributed by atoms with Crippen molar-refractivity contribution in [1.29, 1.82) is 0 Å². The number of anilines is 1. The van der Waals surface area contributed by atoms with E-state index in [1.807, 2.05) is 40.3 Å². The van der Waals surface area contributed by atoms with Crippen LogP contribution in [0.15, 0.2) is 71.7 Å². The highest BCUT2D eigenvalue weighted by Crippen LogP contribution is 2.36. The van der Waals surface area contributed by atoms with Gasteiger partial charge < -0.3 is 10.1 Å². The van der Waals surface area contributed by atoms with E-state index in [0.717, 1.165) is 11.1 Å². The molecule has 2 aromatic carbocycles. The first kappa shape index (κ1) is 26.9. The van der Waals surface area contributed by atoms with Crippen LogP contribution in [-0.4, -0.2) is 39.0 Å². The van der Waals surface area contributed by atoms with Gasteiger partial charge in [0.05, 0.1) is 22.4 Å². The molecule has 0 saturated carbocycles. The summed E-state index contributed by atoms with van der Waals surface area (Å²) in [5.41, 5.74) is 2.66. The monoisotopic (exact) mass is 572 g/mol. The van der Waals surface area contributed by atoms with Gasteiger partial charge in [-0.15, -0.1) is 28.1 Å². The number of hydrogen-bond acceptors (Lipinski definition) is 7. The highest BCUT2D eigenvalue weighted by atomic mass is 35.5. The number of nitrogens with zero attached hydrogens (tertiary/aromatic N) is 3. The number of amides is 1. The molecule has 7 nitrogen and oxygen atoms in total. The lowest BCUT2D eigenvalue weighted by Crippen LogP contribution is -2.17. The fourth-order valence-electron chi connectivity index (χ4n) is 3.52. The van der Waals surface area contributed by atoms with Crippen molar-refractivity contribution in [1.82, 2.24) is 14.8 Å². The van der Waals surface area contributed by atoms with Gasteiger partial charge in [0.25, 0.3) is 0 Å². The molecule has 1 amide bonds. The van der Waals surface area contributed by atoms with Crippen molar-refractivity contribution in [3.8, 4) is 22.5 Å². The van der Waals surface area contributed by atoms with E-state index in [-0.39, 0.29) is 18.3 Å². The van der Waals surface area contributed by atoms with Crippen molar-refractivity contribution >= 4 is 63.2 Å². The molecule has 0 radical (unpaired) electrons. The number of carbonyl (C=O) groups excluding carboxylic acids is 2. The number of allylic oxidation sites excluding steroid dienone is 1. The summed E-state index contributed by atoms with van der Waals surface area (Å²) in [5.74, 6) is -0.141. The Morgan fingerprint density at radius 1 is 1.14 bits per heavy atom. The second kappa shape index (κ2) is 12.4. The Balaban J connectivity index is 1.53. The van der Waals surface area contributed by atoms with Gasteiger partial charge >= 0.3 is 5.97 Å². The number of thiophene rings is 1. The Bertz CT molecular complexity index is 1440. The zero-order valence-corrected chi connectivity index (χ0v) is 22.9. The molecular formula is C26H22Cl2N4O3S2. The lowest BCUT2D eigenvalue weighted by Gasteiger charge is -2.10.